The Hall–Kier alpha value is -3.12. The van der Waals surface area contributed by atoms with Crippen molar-refractivity contribution in [2.75, 3.05) is 6.61 Å². The summed E-state index contributed by atoms with van der Waals surface area (Å²) in [7, 11) is 0. The SMILES string of the molecule is CC(C)COc1cccc(-c2cc(COC(C)(C)C(=O)O)nn2-c2ccccc2)c1. The van der Waals surface area contributed by atoms with Gasteiger partial charge in [-0.3, -0.25) is 0 Å². The van der Waals surface area contributed by atoms with Crippen LogP contribution in [0, 0.1) is 5.92 Å². The number of carbonyl (C=O) groups is 1. The summed E-state index contributed by atoms with van der Waals surface area (Å²) in [5.74, 6) is 0.219. The monoisotopic (exact) mass is 408 g/mol. The molecule has 0 unspecified atom stereocenters. The van der Waals surface area contributed by atoms with Crippen molar-refractivity contribution in [2.45, 2.75) is 39.9 Å². The van der Waals surface area contributed by atoms with Crippen LogP contribution in [0.25, 0.3) is 16.9 Å². The van der Waals surface area contributed by atoms with E-state index in [9.17, 15) is 9.90 Å². The molecule has 0 bridgehead atoms. The van der Waals surface area contributed by atoms with Gasteiger partial charge in [0.25, 0.3) is 0 Å². The fraction of sp³-hybridized carbons (Fsp3) is 0.333. The molecule has 0 aliphatic carbocycles. The largest absolute Gasteiger partial charge is 0.493 e. The Labute approximate surface area is 177 Å². The molecule has 6 heteroatoms. The lowest BCUT2D eigenvalue weighted by molar-refractivity contribution is -0.162. The van der Waals surface area contributed by atoms with E-state index in [4.69, 9.17) is 9.47 Å². The molecule has 0 atom stereocenters. The summed E-state index contributed by atoms with van der Waals surface area (Å²) in [5.41, 5.74) is 2.10. The van der Waals surface area contributed by atoms with Crippen LogP contribution in [-0.2, 0) is 16.1 Å². The van der Waals surface area contributed by atoms with Crippen molar-refractivity contribution in [3.05, 3.63) is 66.4 Å². The summed E-state index contributed by atoms with van der Waals surface area (Å²) in [6.07, 6.45) is 0. The van der Waals surface area contributed by atoms with Crippen LogP contribution in [0.2, 0.25) is 0 Å². The van der Waals surface area contributed by atoms with E-state index < -0.39 is 11.6 Å². The average Bonchev–Trinajstić information content (AvgIpc) is 3.16. The quantitative estimate of drug-likeness (QED) is 0.542. The Morgan fingerprint density at radius 2 is 1.83 bits per heavy atom. The lowest BCUT2D eigenvalue weighted by Crippen LogP contribution is -2.34. The number of aliphatic carboxylic acids is 1. The molecule has 1 N–H and O–H groups in total. The van der Waals surface area contributed by atoms with Gasteiger partial charge in [-0.15, -0.1) is 0 Å². The topological polar surface area (TPSA) is 73.6 Å². The maximum atomic E-state index is 11.3. The molecule has 0 saturated carbocycles. The highest BCUT2D eigenvalue weighted by Crippen LogP contribution is 2.28. The van der Waals surface area contributed by atoms with Crippen molar-refractivity contribution in [3.63, 3.8) is 0 Å². The van der Waals surface area contributed by atoms with Gasteiger partial charge in [-0.1, -0.05) is 44.2 Å². The number of ether oxygens (including phenoxy) is 2. The van der Waals surface area contributed by atoms with E-state index in [2.05, 4.69) is 18.9 Å². The highest BCUT2D eigenvalue weighted by Gasteiger charge is 2.28. The molecular formula is C24H28N2O4. The number of hydrogen-bond donors (Lipinski definition) is 1. The molecule has 30 heavy (non-hydrogen) atoms. The number of aromatic nitrogens is 2. The number of carboxylic acids is 1. The summed E-state index contributed by atoms with van der Waals surface area (Å²) in [5, 5.41) is 14.0. The van der Waals surface area contributed by atoms with Gasteiger partial charge >= 0.3 is 5.97 Å². The molecule has 6 nitrogen and oxygen atoms in total. The van der Waals surface area contributed by atoms with Crippen LogP contribution in [0.5, 0.6) is 5.75 Å². The molecule has 3 aromatic rings. The van der Waals surface area contributed by atoms with E-state index in [0.717, 1.165) is 22.7 Å². The van der Waals surface area contributed by atoms with Gasteiger partial charge in [-0.2, -0.15) is 5.10 Å². The van der Waals surface area contributed by atoms with E-state index >= 15 is 0 Å². The Kier molecular flexibility index (Phi) is 6.57. The van der Waals surface area contributed by atoms with Crippen molar-refractivity contribution in [2.24, 2.45) is 5.92 Å². The molecule has 2 aromatic carbocycles. The smallest absolute Gasteiger partial charge is 0.335 e. The second-order valence-corrected chi connectivity index (χ2v) is 8.11. The van der Waals surface area contributed by atoms with Gasteiger partial charge in [0.2, 0.25) is 0 Å². The molecule has 0 amide bonds. The Morgan fingerprint density at radius 1 is 1.10 bits per heavy atom. The van der Waals surface area contributed by atoms with Gasteiger partial charge in [-0.05, 0) is 50.1 Å². The number of nitrogens with zero attached hydrogens (tertiary/aromatic N) is 2. The van der Waals surface area contributed by atoms with Crippen LogP contribution in [0.3, 0.4) is 0 Å². The first kappa shape index (κ1) is 21.6. The van der Waals surface area contributed by atoms with Gasteiger partial charge in [0.1, 0.15) is 5.75 Å². The molecule has 0 radical (unpaired) electrons. The van der Waals surface area contributed by atoms with Crippen LogP contribution in [-0.4, -0.2) is 33.1 Å². The minimum atomic E-state index is -1.29. The summed E-state index contributed by atoms with van der Waals surface area (Å²) in [6.45, 7) is 8.01. The van der Waals surface area contributed by atoms with Gasteiger partial charge in [0, 0.05) is 5.56 Å². The number of carboxylic acid groups (broad SMARTS) is 1. The number of para-hydroxylation sites is 1. The highest BCUT2D eigenvalue weighted by atomic mass is 16.5. The zero-order valence-corrected chi connectivity index (χ0v) is 17.8. The first-order valence-electron chi connectivity index (χ1n) is 10.0. The van der Waals surface area contributed by atoms with Crippen molar-refractivity contribution in [3.8, 4) is 22.7 Å². The van der Waals surface area contributed by atoms with Crippen LogP contribution in [0.1, 0.15) is 33.4 Å². The molecule has 0 aliphatic heterocycles. The fourth-order valence-electron chi connectivity index (χ4n) is 2.80. The second-order valence-electron chi connectivity index (χ2n) is 8.11. The van der Waals surface area contributed by atoms with Crippen molar-refractivity contribution in [1.82, 2.24) is 9.78 Å². The van der Waals surface area contributed by atoms with E-state index in [1.807, 2.05) is 65.3 Å². The number of benzene rings is 2. The van der Waals surface area contributed by atoms with E-state index in [1.165, 1.54) is 13.8 Å². The first-order valence-corrected chi connectivity index (χ1v) is 10.0. The number of hydrogen-bond acceptors (Lipinski definition) is 4. The molecule has 0 spiro atoms. The summed E-state index contributed by atoms with van der Waals surface area (Å²) in [6, 6.07) is 19.6. The average molecular weight is 408 g/mol. The molecule has 0 fully saturated rings. The maximum Gasteiger partial charge on any atom is 0.335 e. The Bertz CT molecular complexity index is 993. The van der Waals surface area contributed by atoms with Crippen LogP contribution in [0.4, 0.5) is 0 Å². The third-order valence-electron chi connectivity index (χ3n) is 4.57. The minimum absolute atomic E-state index is 0.0929. The molecule has 0 aliphatic rings. The summed E-state index contributed by atoms with van der Waals surface area (Å²) >= 11 is 0. The molecule has 1 aromatic heterocycles. The Morgan fingerprint density at radius 3 is 2.50 bits per heavy atom. The second kappa shape index (κ2) is 9.13. The minimum Gasteiger partial charge on any atom is -0.493 e. The third kappa shape index (κ3) is 5.27. The van der Waals surface area contributed by atoms with Crippen molar-refractivity contribution < 1.29 is 19.4 Å². The molecule has 3 rings (SSSR count). The van der Waals surface area contributed by atoms with E-state index in [0.29, 0.717) is 18.2 Å². The third-order valence-corrected chi connectivity index (χ3v) is 4.57. The molecule has 158 valence electrons. The van der Waals surface area contributed by atoms with Crippen LogP contribution >= 0.6 is 0 Å². The lowest BCUT2D eigenvalue weighted by atomic mass is 10.1. The van der Waals surface area contributed by atoms with E-state index in [-0.39, 0.29) is 6.61 Å². The van der Waals surface area contributed by atoms with Crippen LogP contribution in [0.15, 0.2) is 60.7 Å². The normalized spacial score (nSPS) is 11.6. The predicted molar refractivity (Wildman–Crippen MR) is 116 cm³/mol. The zero-order chi connectivity index (χ0) is 21.7. The van der Waals surface area contributed by atoms with Gasteiger partial charge in [0.05, 0.1) is 30.3 Å². The highest BCUT2D eigenvalue weighted by molar-refractivity contribution is 5.76. The standard InChI is InChI=1S/C24H28N2O4/c1-17(2)15-29-21-12-8-9-18(13-21)22-14-19(16-30-24(3,4)23(27)28)25-26(22)20-10-6-5-7-11-20/h5-14,17H,15-16H2,1-4H3,(H,27,28). The van der Waals surface area contributed by atoms with Gasteiger partial charge < -0.3 is 14.6 Å². The molecular weight excluding hydrogens is 380 g/mol. The Balaban J connectivity index is 1.95. The maximum absolute atomic E-state index is 11.3. The summed E-state index contributed by atoms with van der Waals surface area (Å²) in [4.78, 5) is 11.3. The zero-order valence-electron chi connectivity index (χ0n) is 17.8. The van der Waals surface area contributed by atoms with Gasteiger partial charge in [0.15, 0.2) is 5.60 Å². The first-order chi connectivity index (χ1) is 14.3. The summed E-state index contributed by atoms with van der Waals surface area (Å²) < 4.78 is 13.3. The molecule has 0 saturated heterocycles. The molecule has 1 heterocycles. The van der Waals surface area contributed by atoms with Crippen molar-refractivity contribution >= 4 is 5.97 Å². The lowest BCUT2D eigenvalue weighted by Gasteiger charge is -2.19. The fourth-order valence-corrected chi connectivity index (χ4v) is 2.80. The van der Waals surface area contributed by atoms with E-state index in [1.54, 1.807) is 0 Å². The van der Waals surface area contributed by atoms with Crippen molar-refractivity contribution in [1.29, 1.82) is 0 Å². The number of rotatable bonds is 9. The van der Waals surface area contributed by atoms with Gasteiger partial charge in [-0.25, -0.2) is 9.48 Å². The van der Waals surface area contributed by atoms with Crippen LogP contribution < -0.4 is 4.74 Å². The predicted octanol–water partition coefficient (Wildman–Crippen LogP) is 4.95.